The third-order valence-corrected chi connectivity index (χ3v) is 7.66. The first-order chi connectivity index (χ1) is 17.0. The topological polar surface area (TPSA) is 111 Å². The highest BCUT2D eigenvalue weighted by Gasteiger charge is 2.38. The average molecular weight is 513 g/mol. The number of anilines is 3. The third kappa shape index (κ3) is 4.52. The lowest BCUT2D eigenvalue weighted by Gasteiger charge is -2.47. The Balaban J connectivity index is 1.44. The van der Waals surface area contributed by atoms with Crippen LogP contribution in [0.15, 0.2) is 36.9 Å². The number of fused-ring (bicyclic) bond motifs is 1. The lowest BCUT2D eigenvalue weighted by molar-refractivity contribution is 0.341. The largest absolute Gasteiger partial charge is 0.366 e. The van der Waals surface area contributed by atoms with Gasteiger partial charge in [-0.3, -0.25) is 4.68 Å². The van der Waals surface area contributed by atoms with Gasteiger partial charge in [0.15, 0.2) is 5.82 Å². The lowest BCUT2D eigenvalue weighted by atomic mass is 9.91. The Morgan fingerprint density at radius 3 is 2.64 bits per heavy atom. The molecule has 12 heteroatoms. The van der Waals surface area contributed by atoms with Crippen molar-refractivity contribution in [2.75, 3.05) is 28.8 Å². The number of aromatic nitrogens is 6. The zero-order valence-electron chi connectivity index (χ0n) is 20.8. The molecule has 1 saturated heterocycles. The minimum Gasteiger partial charge on any atom is -0.366 e. The van der Waals surface area contributed by atoms with Crippen LogP contribution in [-0.2, 0) is 16.9 Å². The molecule has 0 amide bonds. The van der Waals surface area contributed by atoms with Gasteiger partial charge < -0.3 is 14.8 Å². The quantitative estimate of drug-likeness (QED) is 0.400. The SMILES string of the molecule is CC(C)n1cc(N2C[C@H](CS(C)(=O)=O)[C@H]2C)c2cnc(Nc3ccnc(-c4cn(C)nc4F)n3)cc21. The van der Waals surface area contributed by atoms with Crippen molar-refractivity contribution in [3.63, 3.8) is 0 Å². The van der Waals surface area contributed by atoms with E-state index in [0.29, 0.717) is 18.2 Å². The van der Waals surface area contributed by atoms with E-state index in [0.717, 1.165) is 16.6 Å². The minimum absolute atomic E-state index is 0.114. The van der Waals surface area contributed by atoms with Crippen LogP contribution in [0.2, 0.25) is 0 Å². The van der Waals surface area contributed by atoms with Gasteiger partial charge in [-0.15, -0.1) is 5.10 Å². The number of aryl methyl sites for hydroxylation is 1. The second kappa shape index (κ2) is 8.84. The standard InChI is InChI=1S/C24H29FN8O2S/c1-14(2)32-12-20(33-10-16(15(33)3)13-36(5,34)35)17-9-27-22(8-19(17)32)28-21-6-7-26-24(29-21)18-11-31(4)30-23(18)25/h6-9,11-12,14-16H,10,13H2,1-5H3,(H,26,27,28,29)/t15-,16-/m1/s1. The molecule has 1 N–H and O–H groups in total. The van der Waals surface area contributed by atoms with Crippen molar-refractivity contribution in [1.82, 2.24) is 29.3 Å². The Morgan fingerprint density at radius 1 is 1.22 bits per heavy atom. The molecule has 0 aliphatic carbocycles. The molecule has 1 aliphatic rings. The summed E-state index contributed by atoms with van der Waals surface area (Å²) in [6, 6.07) is 3.99. The molecule has 4 aromatic rings. The smallest absolute Gasteiger partial charge is 0.243 e. The van der Waals surface area contributed by atoms with Gasteiger partial charge in [-0.05, 0) is 26.8 Å². The van der Waals surface area contributed by atoms with Crippen molar-refractivity contribution in [3.8, 4) is 11.4 Å². The fourth-order valence-corrected chi connectivity index (χ4v) is 5.90. The first-order valence-electron chi connectivity index (χ1n) is 11.7. The van der Waals surface area contributed by atoms with Gasteiger partial charge >= 0.3 is 0 Å². The summed E-state index contributed by atoms with van der Waals surface area (Å²) < 4.78 is 41.2. The molecule has 4 aromatic heterocycles. The van der Waals surface area contributed by atoms with Crippen LogP contribution in [-0.4, -0.2) is 62.3 Å². The highest BCUT2D eigenvalue weighted by atomic mass is 32.2. The molecule has 190 valence electrons. The molecule has 1 aliphatic heterocycles. The second-order valence-corrected chi connectivity index (χ2v) is 11.9. The fraction of sp³-hybridized carbons (Fsp3) is 0.417. The Kier molecular flexibility index (Phi) is 5.93. The van der Waals surface area contributed by atoms with E-state index in [4.69, 9.17) is 0 Å². The monoisotopic (exact) mass is 512 g/mol. The summed E-state index contributed by atoms with van der Waals surface area (Å²) >= 11 is 0. The predicted octanol–water partition coefficient (Wildman–Crippen LogP) is 3.56. The Labute approximate surface area is 209 Å². The average Bonchev–Trinajstić information content (AvgIpc) is 3.34. The summed E-state index contributed by atoms with van der Waals surface area (Å²) in [5, 5.41) is 7.92. The predicted molar refractivity (Wildman–Crippen MR) is 138 cm³/mol. The Bertz CT molecular complexity index is 1540. The van der Waals surface area contributed by atoms with E-state index in [1.165, 1.54) is 17.1 Å². The number of nitrogens with zero attached hydrogens (tertiary/aromatic N) is 7. The lowest BCUT2D eigenvalue weighted by Crippen LogP contribution is -2.57. The zero-order valence-corrected chi connectivity index (χ0v) is 21.7. The third-order valence-electron chi connectivity index (χ3n) is 6.62. The van der Waals surface area contributed by atoms with E-state index in [1.807, 2.05) is 12.3 Å². The van der Waals surface area contributed by atoms with Crippen LogP contribution in [0.4, 0.5) is 21.7 Å². The molecule has 2 atom stereocenters. The summed E-state index contributed by atoms with van der Waals surface area (Å²) in [6.45, 7) is 6.99. The maximum Gasteiger partial charge on any atom is 0.243 e. The van der Waals surface area contributed by atoms with Crippen LogP contribution in [0.1, 0.15) is 26.8 Å². The minimum atomic E-state index is -3.02. The van der Waals surface area contributed by atoms with Gasteiger partial charge in [0.1, 0.15) is 21.5 Å². The van der Waals surface area contributed by atoms with E-state index in [9.17, 15) is 12.8 Å². The first-order valence-corrected chi connectivity index (χ1v) is 13.8. The molecule has 10 nitrogen and oxygen atoms in total. The van der Waals surface area contributed by atoms with Gasteiger partial charge in [-0.25, -0.2) is 23.4 Å². The highest BCUT2D eigenvalue weighted by Crippen LogP contribution is 2.39. The molecule has 0 aromatic carbocycles. The van der Waals surface area contributed by atoms with Gasteiger partial charge in [-0.1, -0.05) is 0 Å². The van der Waals surface area contributed by atoms with Gasteiger partial charge in [-0.2, -0.15) is 4.39 Å². The fourth-order valence-electron chi connectivity index (χ4n) is 4.74. The van der Waals surface area contributed by atoms with Crippen molar-refractivity contribution in [1.29, 1.82) is 0 Å². The molecule has 36 heavy (non-hydrogen) atoms. The van der Waals surface area contributed by atoms with Crippen molar-refractivity contribution in [2.45, 2.75) is 32.9 Å². The normalized spacial score (nSPS) is 18.1. The van der Waals surface area contributed by atoms with Gasteiger partial charge in [0.2, 0.25) is 5.95 Å². The van der Waals surface area contributed by atoms with Crippen LogP contribution >= 0.6 is 0 Å². The van der Waals surface area contributed by atoms with E-state index in [-0.39, 0.29) is 35.1 Å². The van der Waals surface area contributed by atoms with E-state index < -0.39 is 15.8 Å². The van der Waals surface area contributed by atoms with Crippen molar-refractivity contribution >= 4 is 38.1 Å². The molecule has 1 fully saturated rings. The van der Waals surface area contributed by atoms with Gasteiger partial charge in [0.25, 0.3) is 0 Å². The van der Waals surface area contributed by atoms with Crippen LogP contribution in [0.5, 0.6) is 0 Å². The maximum absolute atomic E-state index is 14.1. The number of halogens is 1. The zero-order chi connectivity index (χ0) is 25.8. The van der Waals surface area contributed by atoms with E-state index >= 15 is 0 Å². The molecule has 0 spiro atoms. The van der Waals surface area contributed by atoms with Crippen molar-refractivity contribution in [3.05, 3.63) is 42.9 Å². The number of rotatable bonds is 7. The summed E-state index contributed by atoms with van der Waals surface area (Å²) in [5.41, 5.74) is 2.27. The van der Waals surface area contributed by atoms with Crippen molar-refractivity contribution in [2.24, 2.45) is 13.0 Å². The number of hydrogen-bond acceptors (Lipinski definition) is 8. The summed E-state index contributed by atoms with van der Waals surface area (Å²) in [5.74, 6) is 0.993. The summed E-state index contributed by atoms with van der Waals surface area (Å²) in [4.78, 5) is 15.5. The molecule has 0 bridgehead atoms. The maximum atomic E-state index is 14.1. The van der Waals surface area contributed by atoms with Gasteiger partial charge in [0.05, 0.1) is 22.5 Å². The molecule has 0 unspecified atom stereocenters. The number of sulfone groups is 1. The Morgan fingerprint density at radius 2 is 2.00 bits per heavy atom. The Hall–Kier alpha value is -3.54. The number of nitrogens with one attached hydrogen (secondary N) is 1. The summed E-state index contributed by atoms with van der Waals surface area (Å²) in [6.07, 6.45) is 8.32. The second-order valence-electron chi connectivity index (χ2n) is 9.75. The van der Waals surface area contributed by atoms with Crippen molar-refractivity contribution < 1.29 is 12.8 Å². The number of hydrogen-bond donors (Lipinski definition) is 1. The molecule has 0 radical (unpaired) electrons. The van der Waals surface area contributed by atoms with Crippen LogP contribution in [0.3, 0.4) is 0 Å². The van der Waals surface area contributed by atoms with E-state index in [1.54, 1.807) is 19.3 Å². The molecular formula is C24H29FN8O2S. The molecule has 5 heterocycles. The molecule has 5 rings (SSSR count). The highest BCUT2D eigenvalue weighted by molar-refractivity contribution is 7.90. The van der Waals surface area contributed by atoms with Crippen LogP contribution in [0, 0.1) is 11.9 Å². The first kappa shape index (κ1) is 24.2. The summed E-state index contributed by atoms with van der Waals surface area (Å²) in [7, 11) is -1.38. The van der Waals surface area contributed by atoms with E-state index in [2.05, 4.69) is 61.8 Å². The molecular weight excluding hydrogens is 483 g/mol. The van der Waals surface area contributed by atoms with Crippen LogP contribution in [0.25, 0.3) is 22.3 Å². The number of pyridine rings is 1. The van der Waals surface area contributed by atoms with Gasteiger partial charge in [0, 0.05) is 74.1 Å². The molecule has 0 saturated carbocycles. The van der Waals surface area contributed by atoms with Crippen LogP contribution < -0.4 is 10.2 Å².